The van der Waals surface area contributed by atoms with Gasteiger partial charge in [0.05, 0.1) is 31.9 Å². The number of methoxy groups -OCH3 is 3. The van der Waals surface area contributed by atoms with Crippen LogP contribution in [0.25, 0.3) is 0 Å². The van der Waals surface area contributed by atoms with E-state index in [-0.39, 0.29) is 16.3 Å². The predicted octanol–water partition coefficient (Wildman–Crippen LogP) is 4.03. The van der Waals surface area contributed by atoms with Crippen LogP contribution < -0.4 is 23.9 Å². The number of nitrogens with one attached hydrogen (secondary N) is 1. The quantitative estimate of drug-likeness (QED) is 0.283. The summed E-state index contributed by atoms with van der Waals surface area (Å²) in [5, 5.41) is 4.16. The molecule has 0 saturated heterocycles. The molecule has 0 fully saturated rings. The van der Waals surface area contributed by atoms with Crippen molar-refractivity contribution in [1.82, 2.24) is 5.43 Å². The van der Waals surface area contributed by atoms with E-state index in [1.807, 2.05) is 37.3 Å². The number of sulfonamides is 1. The van der Waals surface area contributed by atoms with Crippen LogP contribution in [0.15, 0.2) is 82.8 Å². The van der Waals surface area contributed by atoms with Crippen molar-refractivity contribution in [1.29, 1.82) is 0 Å². The van der Waals surface area contributed by atoms with Crippen molar-refractivity contribution in [2.75, 3.05) is 32.2 Å². The number of hydrogen-bond acceptors (Lipinski definition) is 7. The zero-order chi connectivity index (χ0) is 26.8. The summed E-state index contributed by atoms with van der Waals surface area (Å²) in [7, 11) is 0.228. The number of amides is 1. The van der Waals surface area contributed by atoms with Gasteiger partial charge < -0.3 is 14.2 Å². The molecule has 0 unspecified atom stereocenters. The molecule has 0 radical (unpaired) electrons. The molecule has 0 aliphatic heterocycles. The average molecular weight is 526 g/mol. The first-order valence-corrected chi connectivity index (χ1v) is 13.0. The largest absolute Gasteiger partial charge is 0.497 e. The third kappa shape index (κ3) is 7.23. The summed E-state index contributed by atoms with van der Waals surface area (Å²) >= 11 is 0. The maximum atomic E-state index is 13.7. The molecule has 0 heterocycles. The number of aryl methyl sites for hydroxylation is 1. The van der Waals surface area contributed by atoms with Crippen LogP contribution in [0.4, 0.5) is 5.69 Å². The van der Waals surface area contributed by atoms with Crippen LogP contribution in [0, 0.1) is 0 Å². The number of ether oxygens (including phenoxy) is 3. The molecule has 3 rings (SSSR count). The van der Waals surface area contributed by atoms with Gasteiger partial charge in [0.15, 0.2) is 11.5 Å². The molecule has 0 saturated carbocycles. The standard InChI is InChI=1S/C27H31N3O6S/c1-20(10-11-21-8-6-5-7-9-21)28-29-27(31)19-30(22-12-14-23(34-2)15-13-22)37(32,33)24-16-17-25(35-3)26(18-24)36-4/h5-9,12-18H,10-11,19H2,1-4H3,(H,29,31)/b28-20-. The zero-order valence-electron chi connectivity index (χ0n) is 21.3. The van der Waals surface area contributed by atoms with Gasteiger partial charge in [0, 0.05) is 11.8 Å². The monoisotopic (exact) mass is 525 g/mol. The summed E-state index contributed by atoms with van der Waals surface area (Å²) in [4.78, 5) is 12.8. The highest BCUT2D eigenvalue weighted by Crippen LogP contribution is 2.32. The van der Waals surface area contributed by atoms with Crippen molar-refractivity contribution in [3.05, 3.63) is 78.4 Å². The second-order valence-electron chi connectivity index (χ2n) is 8.09. The van der Waals surface area contributed by atoms with Gasteiger partial charge in [-0.3, -0.25) is 9.10 Å². The number of hydrogen-bond donors (Lipinski definition) is 1. The van der Waals surface area contributed by atoms with Crippen molar-refractivity contribution in [3.8, 4) is 17.2 Å². The van der Waals surface area contributed by atoms with E-state index in [2.05, 4.69) is 10.5 Å². The molecule has 0 atom stereocenters. The summed E-state index contributed by atoms with van der Waals surface area (Å²) in [6.07, 6.45) is 1.42. The van der Waals surface area contributed by atoms with E-state index < -0.39 is 22.5 Å². The normalized spacial score (nSPS) is 11.5. The molecule has 0 aliphatic carbocycles. The molecule has 9 nitrogen and oxygen atoms in total. The molecule has 3 aromatic carbocycles. The van der Waals surface area contributed by atoms with Crippen molar-refractivity contribution >= 4 is 27.3 Å². The highest BCUT2D eigenvalue weighted by molar-refractivity contribution is 7.92. The Balaban J connectivity index is 1.83. The minimum atomic E-state index is -4.16. The Morgan fingerprint density at radius 2 is 1.57 bits per heavy atom. The Kier molecular flexibility index (Phi) is 9.51. The molecule has 0 aromatic heterocycles. The SMILES string of the molecule is COc1ccc(N(CC(=O)N/N=C(/C)CCc2ccccc2)S(=O)(=O)c2ccc(OC)c(OC)c2)cc1. The smallest absolute Gasteiger partial charge is 0.264 e. The van der Waals surface area contributed by atoms with Crippen LogP contribution in [0.3, 0.4) is 0 Å². The van der Waals surface area contributed by atoms with Gasteiger partial charge in [-0.2, -0.15) is 5.10 Å². The Morgan fingerprint density at radius 3 is 2.19 bits per heavy atom. The number of carbonyl (C=O) groups excluding carboxylic acids is 1. The predicted molar refractivity (Wildman–Crippen MR) is 143 cm³/mol. The molecule has 196 valence electrons. The molecule has 0 spiro atoms. The lowest BCUT2D eigenvalue weighted by atomic mass is 10.1. The van der Waals surface area contributed by atoms with Crippen molar-refractivity contribution < 1.29 is 27.4 Å². The van der Waals surface area contributed by atoms with Gasteiger partial charge in [-0.25, -0.2) is 13.8 Å². The second kappa shape index (κ2) is 12.8. The fraction of sp³-hybridized carbons (Fsp3) is 0.259. The maximum Gasteiger partial charge on any atom is 0.264 e. The number of hydrazone groups is 1. The average Bonchev–Trinajstić information content (AvgIpc) is 2.93. The molecule has 37 heavy (non-hydrogen) atoms. The minimum Gasteiger partial charge on any atom is -0.497 e. The second-order valence-corrected chi connectivity index (χ2v) is 9.96. The fourth-order valence-electron chi connectivity index (χ4n) is 3.52. The van der Waals surface area contributed by atoms with E-state index in [0.29, 0.717) is 17.9 Å². The van der Waals surface area contributed by atoms with Gasteiger partial charge in [0.2, 0.25) is 0 Å². The minimum absolute atomic E-state index is 0.0590. The third-order valence-electron chi connectivity index (χ3n) is 5.58. The Hall–Kier alpha value is -4.05. The first-order valence-electron chi connectivity index (χ1n) is 11.5. The van der Waals surface area contributed by atoms with Crippen molar-refractivity contribution in [3.63, 3.8) is 0 Å². The summed E-state index contributed by atoms with van der Waals surface area (Å²) in [6.45, 7) is 1.32. The van der Waals surface area contributed by atoms with Gasteiger partial charge in [0.25, 0.3) is 15.9 Å². The molecular formula is C27H31N3O6S. The summed E-state index contributed by atoms with van der Waals surface area (Å²) in [5.41, 5.74) is 4.65. The number of rotatable bonds is 12. The highest BCUT2D eigenvalue weighted by Gasteiger charge is 2.28. The third-order valence-corrected chi connectivity index (χ3v) is 7.35. The van der Waals surface area contributed by atoms with Crippen LogP contribution >= 0.6 is 0 Å². The van der Waals surface area contributed by atoms with E-state index in [4.69, 9.17) is 14.2 Å². The highest BCUT2D eigenvalue weighted by atomic mass is 32.2. The van der Waals surface area contributed by atoms with Crippen LogP contribution in [-0.4, -0.2) is 47.9 Å². The Bertz CT molecular complexity index is 1330. The Morgan fingerprint density at radius 1 is 0.892 bits per heavy atom. The van der Waals surface area contributed by atoms with Gasteiger partial charge >= 0.3 is 0 Å². The van der Waals surface area contributed by atoms with E-state index in [0.717, 1.165) is 22.0 Å². The van der Waals surface area contributed by atoms with E-state index in [9.17, 15) is 13.2 Å². The first kappa shape index (κ1) is 27.5. The lowest BCUT2D eigenvalue weighted by molar-refractivity contribution is -0.119. The molecule has 0 aliphatic rings. The summed E-state index contributed by atoms with van der Waals surface area (Å²) in [6, 6.07) is 20.6. The van der Waals surface area contributed by atoms with Gasteiger partial charge in [-0.15, -0.1) is 0 Å². The van der Waals surface area contributed by atoms with Crippen LogP contribution in [0.5, 0.6) is 17.2 Å². The zero-order valence-corrected chi connectivity index (χ0v) is 22.1. The van der Waals surface area contributed by atoms with E-state index >= 15 is 0 Å². The Labute approximate surface area is 217 Å². The molecule has 1 N–H and O–H groups in total. The molecule has 10 heteroatoms. The van der Waals surface area contributed by atoms with Gasteiger partial charge in [-0.1, -0.05) is 30.3 Å². The first-order chi connectivity index (χ1) is 17.8. The lowest BCUT2D eigenvalue weighted by Crippen LogP contribution is -2.39. The van der Waals surface area contributed by atoms with E-state index in [1.54, 1.807) is 24.3 Å². The lowest BCUT2D eigenvalue weighted by Gasteiger charge is -2.24. The number of nitrogens with zero attached hydrogens (tertiary/aromatic N) is 2. The number of benzene rings is 3. The number of carbonyl (C=O) groups is 1. The fourth-order valence-corrected chi connectivity index (χ4v) is 4.95. The topological polar surface area (TPSA) is 107 Å². The summed E-state index contributed by atoms with van der Waals surface area (Å²) < 4.78 is 44.0. The number of anilines is 1. The molecular weight excluding hydrogens is 494 g/mol. The van der Waals surface area contributed by atoms with E-state index in [1.165, 1.54) is 39.5 Å². The summed E-state index contributed by atoms with van der Waals surface area (Å²) in [5.74, 6) is 0.603. The van der Waals surface area contributed by atoms with Crippen molar-refractivity contribution in [2.24, 2.45) is 5.10 Å². The van der Waals surface area contributed by atoms with Gasteiger partial charge in [-0.05, 0) is 61.7 Å². The van der Waals surface area contributed by atoms with Crippen molar-refractivity contribution in [2.45, 2.75) is 24.7 Å². The molecule has 3 aromatic rings. The molecule has 0 bridgehead atoms. The molecule has 1 amide bonds. The maximum absolute atomic E-state index is 13.7. The van der Waals surface area contributed by atoms with Gasteiger partial charge in [0.1, 0.15) is 12.3 Å². The van der Waals surface area contributed by atoms with Crippen LogP contribution in [0.2, 0.25) is 0 Å². The van der Waals surface area contributed by atoms with Crippen LogP contribution in [-0.2, 0) is 21.2 Å². The van der Waals surface area contributed by atoms with Crippen LogP contribution in [0.1, 0.15) is 18.9 Å².